The van der Waals surface area contributed by atoms with E-state index in [4.69, 9.17) is 16.3 Å². The summed E-state index contributed by atoms with van der Waals surface area (Å²) in [6.45, 7) is 1.00. The first kappa shape index (κ1) is 13.7. The van der Waals surface area contributed by atoms with Gasteiger partial charge in [0.25, 0.3) is 0 Å². The van der Waals surface area contributed by atoms with Crippen molar-refractivity contribution in [3.63, 3.8) is 0 Å². The van der Waals surface area contributed by atoms with Crippen molar-refractivity contribution >= 4 is 22.8 Å². The Morgan fingerprint density at radius 1 is 1.30 bits per heavy atom. The molecule has 1 fully saturated rings. The zero-order chi connectivity index (χ0) is 13.9. The molecule has 0 N–H and O–H groups in total. The average molecular weight is 294 g/mol. The molecule has 0 atom stereocenters. The maximum atomic E-state index is 5.91. The SMILES string of the molecule is COc1ccc2nc(CCCl)n(CC3CCCC3)c2n1. The van der Waals surface area contributed by atoms with Gasteiger partial charge in [0, 0.05) is 24.9 Å². The quantitative estimate of drug-likeness (QED) is 0.793. The van der Waals surface area contributed by atoms with Crippen LogP contribution in [0.1, 0.15) is 31.5 Å². The molecule has 2 aromatic rings. The molecule has 108 valence electrons. The molecule has 5 heteroatoms. The monoisotopic (exact) mass is 293 g/mol. The molecule has 0 aromatic carbocycles. The Kier molecular flexibility index (Phi) is 4.10. The maximum absolute atomic E-state index is 5.91. The van der Waals surface area contributed by atoms with E-state index >= 15 is 0 Å². The summed E-state index contributed by atoms with van der Waals surface area (Å²) in [6, 6.07) is 3.84. The van der Waals surface area contributed by atoms with Gasteiger partial charge in [-0.15, -0.1) is 11.6 Å². The average Bonchev–Trinajstić information content (AvgIpc) is 3.08. The molecule has 1 aliphatic carbocycles. The van der Waals surface area contributed by atoms with Crippen LogP contribution in [0, 0.1) is 5.92 Å². The molecule has 0 radical (unpaired) electrons. The van der Waals surface area contributed by atoms with E-state index in [-0.39, 0.29) is 0 Å². The van der Waals surface area contributed by atoms with Gasteiger partial charge in [-0.05, 0) is 24.8 Å². The van der Waals surface area contributed by atoms with E-state index < -0.39 is 0 Å². The minimum absolute atomic E-state index is 0.588. The van der Waals surface area contributed by atoms with Crippen LogP contribution in [0.15, 0.2) is 12.1 Å². The number of alkyl halides is 1. The summed E-state index contributed by atoms with van der Waals surface area (Å²) in [7, 11) is 1.64. The molecule has 20 heavy (non-hydrogen) atoms. The lowest BCUT2D eigenvalue weighted by Gasteiger charge is -2.13. The molecule has 0 spiro atoms. The summed E-state index contributed by atoms with van der Waals surface area (Å²) in [6.07, 6.45) is 6.10. The first-order valence-electron chi connectivity index (χ1n) is 7.28. The number of rotatable bonds is 5. The van der Waals surface area contributed by atoms with E-state index in [0.29, 0.717) is 11.8 Å². The summed E-state index contributed by atoms with van der Waals surface area (Å²) in [5, 5.41) is 0. The first-order valence-corrected chi connectivity index (χ1v) is 7.81. The number of halogens is 1. The Balaban J connectivity index is 2.01. The highest BCUT2D eigenvalue weighted by Crippen LogP contribution is 2.28. The first-order chi connectivity index (χ1) is 9.81. The van der Waals surface area contributed by atoms with Crippen LogP contribution in [0.4, 0.5) is 0 Å². The Hall–Kier alpha value is -1.29. The highest BCUT2D eigenvalue weighted by Gasteiger charge is 2.20. The Bertz CT molecular complexity index is 590. The third-order valence-corrected chi connectivity index (χ3v) is 4.28. The largest absolute Gasteiger partial charge is 0.481 e. The lowest BCUT2D eigenvalue weighted by atomic mass is 10.1. The smallest absolute Gasteiger partial charge is 0.215 e. The summed E-state index contributed by atoms with van der Waals surface area (Å²) >= 11 is 5.91. The van der Waals surface area contributed by atoms with E-state index in [1.165, 1.54) is 25.7 Å². The fourth-order valence-electron chi connectivity index (χ4n) is 3.06. The minimum atomic E-state index is 0.588. The number of fused-ring (bicyclic) bond motifs is 1. The van der Waals surface area contributed by atoms with Gasteiger partial charge in [-0.25, -0.2) is 4.98 Å². The van der Waals surface area contributed by atoms with Gasteiger partial charge < -0.3 is 9.30 Å². The van der Waals surface area contributed by atoms with Gasteiger partial charge in [0.2, 0.25) is 5.88 Å². The predicted molar refractivity (Wildman–Crippen MR) is 80.5 cm³/mol. The fourth-order valence-corrected chi connectivity index (χ4v) is 3.23. The number of aromatic nitrogens is 3. The van der Waals surface area contributed by atoms with Gasteiger partial charge in [-0.2, -0.15) is 4.98 Å². The number of imidazole rings is 1. The van der Waals surface area contributed by atoms with Crippen molar-refractivity contribution in [2.24, 2.45) is 5.92 Å². The van der Waals surface area contributed by atoms with E-state index in [2.05, 4.69) is 14.5 Å². The molecule has 1 aliphatic rings. The van der Waals surface area contributed by atoms with Crippen molar-refractivity contribution < 1.29 is 4.74 Å². The Morgan fingerprint density at radius 2 is 2.10 bits per heavy atom. The lowest BCUT2D eigenvalue weighted by Crippen LogP contribution is -2.12. The van der Waals surface area contributed by atoms with Crippen LogP contribution < -0.4 is 4.74 Å². The van der Waals surface area contributed by atoms with E-state index in [1.54, 1.807) is 7.11 Å². The van der Waals surface area contributed by atoms with Gasteiger partial charge in [0.15, 0.2) is 5.65 Å². The zero-order valence-corrected chi connectivity index (χ0v) is 12.6. The standard InChI is InChI=1S/C15H20ClN3O/c1-20-14-7-6-12-15(18-14)19(13(17-12)8-9-16)10-11-4-2-3-5-11/h6-7,11H,2-5,8-10H2,1H3. The number of ether oxygens (including phenoxy) is 1. The zero-order valence-electron chi connectivity index (χ0n) is 11.8. The number of hydrogen-bond donors (Lipinski definition) is 0. The van der Waals surface area contributed by atoms with Gasteiger partial charge in [0.05, 0.1) is 7.11 Å². The van der Waals surface area contributed by atoms with Crippen LogP contribution in [0.25, 0.3) is 11.2 Å². The number of nitrogens with zero attached hydrogens (tertiary/aromatic N) is 3. The number of aryl methyl sites for hydroxylation is 1. The molecule has 0 saturated heterocycles. The van der Waals surface area contributed by atoms with Crippen LogP contribution in [-0.2, 0) is 13.0 Å². The second kappa shape index (κ2) is 6.00. The van der Waals surface area contributed by atoms with Crippen molar-refractivity contribution in [1.82, 2.24) is 14.5 Å². The van der Waals surface area contributed by atoms with E-state index in [1.807, 2.05) is 12.1 Å². The second-order valence-corrected chi connectivity index (χ2v) is 5.80. The highest BCUT2D eigenvalue weighted by molar-refractivity contribution is 6.17. The third kappa shape index (κ3) is 2.62. The number of pyridine rings is 1. The van der Waals surface area contributed by atoms with Gasteiger partial charge in [0.1, 0.15) is 11.3 Å². The van der Waals surface area contributed by atoms with Crippen molar-refractivity contribution in [3.05, 3.63) is 18.0 Å². The van der Waals surface area contributed by atoms with Crippen LogP contribution >= 0.6 is 11.6 Å². The summed E-state index contributed by atoms with van der Waals surface area (Å²) in [5.74, 6) is 3.02. The minimum Gasteiger partial charge on any atom is -0.481 e. The molecule has 0 amide bonds. The van der Waals surface area contributed by atoms with Crippen molar-refractivity contribution in [3.8, 4) is 5.88 Å². The molecule has 0 bridgehead atoms. The van der Waals surface area contributed by atoms with Crippen molar-refractivity contribution in [1.29, 1.82) is 0 Å². The summed E-state index contributed by atoms with van der Waals surface area (Å²) in [5.41, 5.74) is 1.86. The third-order valence-electron chi connectivity index (χ3n) is 4.09. The topological polar surface area (TPSA) is 39.9 Å². The van der Waals surface area contributed by atoms with Crippen molar-refractivity contribution in [2.75, 3.05) is 13.0 Å². The fraction of sp³-hybridized carbons (Fsp3) is 0.600. The van der Waals surface area contributed by atoms with Crippen LogP contribution in [-0.4, -0.2) is 27.5 Å². The molecular formula is C15H20ClN3O. The molecule has 2 aromatic heterocycles. The number of hydrogen-bond acceptors (Lipinski definition) is 3. The highest BCUT2D eigenvalue weighted by atomic mass is 35.5. The van der Waals surface area contributed by atoms with E-state index in [0.717, 1.165) is 35.9 Å². The second-order valence-electron chi connectivity index (χ2n) is 5.42. The van der Waals surface area contributed by atoms with Gasteiger partial charge in [-0.3, -0.25) is 0 Å². The van der Waals surface area contributed by atoms with Crippen LogP contribution in [0.5, 0.6) is 5.88 Å². The molecule has 0 unspecified atom stereocenters. The molecule has 3 rings (SSSR count). The summed E-state index contributed by atoms with van der Waals surface area (Å²) < 4.78 is 7.48. The molecule has 0 aliphatic heterocycles. The Labute approximate surface area is 124 Å². The predicted octanol–water partition coefficient (Wildman–Crippen LogP) is 3.41. The van der Waals surface area contributed by atoms with Gasteiger partial charge >= 0.3 is 0 Å². The Morgan fingerprint density at radius 3 is 2.80 bits per heavy atom. The molecule has 4 nitrogen and oxygen atoms in total. The molecule has 1 saturated carbocycles. The molecule has 2 heterocycles. The maximum Gasteiger partial charge on any atom is 0.215 e. The van der Waals surface area contributed by atoms with Gasteiger partial charge in [-0.1, -0.05) is 12.8 Å². The van der Waals surface area contributed by atoms with Crippen LogP contribution in [0.2, 0.25) is 0 Å². The van der Waals surface area contributed by atoms with Crippen LogP contribution in [0.3, 0.4) is 0 Å². The number of methoxy groups -OCH3 is 1. The molecular weight excluding hydrogens is 274 g/mol. The normalized spacial score (nSPS) is 16.1. The van der Waals surface area contributed by atoms with E-state index in [9.17, 15) is 0 Å². The summed E-state index contributed by atoms with van der Waals surface area (Å²) in [4.78, 5) is 9.25. The lowest BCUT2D eigenvalue weighted by molar-refractivity contribution is 0.397. The van der Waals surface area contributed by atoms with Crippen molar-refractivity contribution in [2.45, 2.75) is 38.6 Å².